The van der Waals surface area contributed by atoms with E-state index in [9.17, 15) is 52.7 Å². The van der Waals surface area contributed by atoms with Crippen molar-refractivity contribution in [2.24, 2.45) is 0 Å². The van der Waals surface area contributed by atoms with Crippen LogP contribution in [0.15, 0.2) is 48.5 Å². The number of halogens is 18. The molecule has 0 saturated carbocycles. The maximum Gasteiger partial charge on any atom is 0.864 e. The molecule has 23 heteroatoms. The standard InChI is InChI=1S/C60H83BF18NO3/c1-5-9-13-17-21-22-23-24-28-32-52(80(33-29-25-18-14-10-6-2,34-30-26-19-15-11-7-3)35-31-27-20-16-12-8-4)54-51(60(77,78)79)42-48(59(74,75)76)43-53(54)83-61(81-49-38-44(55(62,63)64)36-45(39-49)56(65,66)67)82-50-40-46(57(68,69)70)37-47(41-50)58(71,72)73/h36-43,52H,5-35H2,1-4H3/q+1. The van der Waals surface area contributed by atoms with Gasteiger partial charge in [-0.05, 0) is 93.5 Å². The summed E-state index contributed by atoms with van der Waals surface area (Å²) in [6, 6.07) is -2.52. The van der Waals surface area contributed by atoms with Crippen LogP contribution in [0.2, 0.25) is 0 Å². The quantitative estimate of drug-likeness (QED) is 0.0247. The molecule has 4 nitrogen and oxygen atoms in total. The Morgan fingerprint density at radius 3 is 0.892 bits per heavy atom. The van der Waals surface area contributed by atoms with Crippen LogP contribution in [-0.2, 0) is 37.1 Å². The second kappa shape index (κ2) is 34.2. The minimum absolute atomic E-state index is 0.0908. The van der Waals surface area contributed by atoms with Crippen LogP contribution in [0.1, 0.15) is 252 Å². The van der Waals surface area contributed by atoms with Crippen LogP contribution in [0.25, 0.3) is 0 Å². The van der Waals surface area contributed by atoms with E-state index >= 15 is 26.3 Å². The van der Waals surface area contributed by atoms with Gasteiger partial charge in [0, 0.05) is 6.42 Å². The van der Waals surface area contributed by atoms with E-state index in [1.165, 1.54) is 0 Å². The number of hydrogen-bond acceptors (Lipinski definition) is 3. The lowest BCUT2D eigenvalue weighted by atomic mass is 9.87. The summed E-state index contributed by atoms with van der Waals surface area (Å²) in [6.07, 6.45) is -13.5. The topological polar surface area (TPSA) is 27.7 Å². The summed E-state index contributed by atoms with van der Waals surface area (Å²) in [5.41, 5.74) is -13.1. The predicted molar refractivity (Wildman–Crippen MR) is 287 cm³/mol. The molecule has 1 unspecified atom stereocenters. The van der Waals surface area contributed by atoms with E-state index in [0.29, 0.717) is 51.4 Å². The monoisotopic (exact) mass is 1220 g/mol. The van der Waals surface area contributed by atoms with Crippen molar-refractivity contribution in [2.45, 2.75) is 251 Å². The zero-order chi connectivity index (χ0) is 62.1. The molecule has 0 amide bonds. The SMILES string of the molecule is CCCCCCCCCCCC(c1c(OB(Oc2cc(C(F)(F)F)cc(C(F)(F)F)c2)Oc2cc(C(F)(F)F)cc(C(F)(F)F)c2)cc(C(F)(F)F)cc1C(F)(F)F)[N+](CCCCCCCC)(CCCCCCCC)CCCCCCCC. The Labute approximate surface area is 478 Å². The number of nitrogens with zero attached hydrogens (tertiary/aromatic N) is 1. The Hall–Kier alpha value is -4.18. The first-order valence-corrected chi connectivity index (χ1v) is 29.6. The molecule has 0 N–H and O–H groups in total. The van der Waals surface area contributed by atoms with Crippen LogP contribution in [0, 0.1) is 0 Å². The van der Waals surface area contributed by atoms with Crippen molar-refractivity contribution in [1.29, 1.82) is 0 Å². The van der Waals surface area contributed by atoms with Crippen LogP contribution in [0.4, 0.5) is 79.0 Å². The maximum absolute atomic E-state index is 16.2. The zero-order valence-electron chi connectivity index (χ0n) is 48.2. The summed E-state index contributed by atoms with van der Waals surface area (Å²) in [5, 5.41) is 0. The number of unbranched alkanes of at least 4 members (excludes halogenated alkanes) is 23. The van der Waals surface area contributed by atoms with Crippen LogP contribution in [0.3, 0.4) is 0 Å². The largest absolute Gasteiger partial charge is 0.864 e. The van der Waals surface area contributed by atoms with Crippen molar-refractivity contribution in [3.05, 3.63) is 87.5 Å². The highest BCUT2D eigenvalue weighted by Crippen LogP contribution is 2.50. The van der Waals surface area contributed by atoms with Gasteiger partial charge >= 0.3 is 44.4 Å². The molecule has 0 aliphatic heterocycles. The highest BCUT2D eigenvalue weighted by molar-refractivity contribution is 6.39. The fourth-order valence-electron chi connectivity index (χ4n) is 10.6. The number of rotatable bonds is 39. The summed E-state index contributed by atoms with van der Waals surface area (Å²) < 4.78 is 281. The third kappa shape index (κ3) is 25.7. The van der Waals surface area contributed by atoms with Gasteiger partial charge in [-0.15, -0.1) is 0 Å². The van der Waals surface area contributed by atoms with Gasteiger partial charge in [0.1, 0.15) is 23.3 Å². The zero-order valence-corrected chi connectivity index (χ0v) is 48.2. The van der Waals surface area contributed by atoms with Gasteiger partial charge in [-0.3, -0.25) is 0 Å². The van der Waals surface area contributed by atoms with Gasteiger partial charge in [-0.25, -0.2) is 0 Å². The van der Waals surface area contributed by atoms with Gasteiger partial charge in [0.05, 0.1) is 58.6 Å². The van der Waals surface area contributed by atoms with Gasteiger partial charge in [-0.1, -0.05) is 156 Å². The molecule has 0 saturated heterocycles. The molecule has 0 spiro atoms. The minimum Gasteiger partial charge on any atom is -0.490 e. The fourth-order valence-corrected chi connectivity index (χ4v) is 10.6. The summed E-state index contributed by atoms with van der Waals surface area (Å²) in [7, 11) is -3.28. The molecular formula is C60H83BF18NO3+. The van der Waals surface area contributed by atoms with Gasteiger partial charge in [0.15, 0.2) is 0 Å². The van der Waals surface area contributed by atoms with Gasteiger partial charge < -0.3 is 18.4 Å². The third-order valence-electron chi connectivity index (χ3n) is 15.0. The Morgan fingerprint density at radius 2 is 0.602 bits per heavy atom. The smallest absolute Gasteiger partial charge is 0.490 e. The lowest BCUT2D eigenvalue weighted by Gasteiger charge is -2.47. The maximum atomic E-state index is 16.2. The molecule has 0 bridgehead atoms. The van der Waals surface area contributed by atoms with E-state index in [1.807, 2.05) is 20.8 Å². The molecule has 0 heterocycles. The van der Waals surface area contributed by atoms with E-state index in [1.54, 1.807) is 0 Å². The van der Waals surface area contributed by atoms with Crippen LogP contribution in [0.5, 0.6) is 17.2 Å². The highest BCUT2D eigenvalue weighted by atomic mass is 19.4. The molecule has 0 fully saturated rings. The predicted octanol–water partition coefficient (Wildman–Crippen LogP) is 23.2. The van der Waals surface area contributed by atoms with Gasteiger partial charge in [-0.2, -0.15) is 79.0 Å². The van der Waals surface area contributed by atoms with Crippen molar-refractivity contribution in [2.75, 3.05) is 19.6 Å². The Morgan fingerprint density at radius 1 is 0.325 bits per heavy atom. The van der Waals surface area contributed by atoms with Gasteiger partial charge in [0.2, 0.25) is 0 Å². The Balaban J connectivity index is 2.61. The molecule has 0 aliphatic carbocycles. The van der Waals surface area contributed by atoms with Crippen molar-refractivity contribution in [3.63, 3.8) is 0 Å². The van der Waals surface area contributed by atoms with E-state index in [2.05, 4.69) is 6.92 Å². The number of hydrogen-bond donors (Lipinski definition) is 0. The Bertz CT molecular complexity index is 2130. The normalized spacial score (nSPS) is 13.4. The minimum atomic E-state index is -5.66. The summed E-state index contributed by atoms with van der Waals surface area (Å²) >= 11 is 0. The average molecular weight is 1220 g/mol. The van der Waals surface area contributed by atoms with E-state index in [-0.39, 0.29) is 85.5 Å². The van der Waals surface area contributed by atoms with Gasteiger partial charge in [0.25, 0.3) is 0 Å². The number of quaternary nitrogens is 1. The molecule has 0 aliphatic rings. The molecule has 3 aromatic rings. The molecule has 3 rings (SSSR count). The van der Waals surface area contributed by atoms with Crippen molar-refractivity contribution in [1.82, 2.24) is 0 Å². The fraction of sp³-hybridized carbons (Fsp3) is 0.700. The van der Waals surface area contributed by atoms with E-state index < -0.39 is 107 Å². The van der Waals surface area contributed by atoms with Crippen LogP contribution >= 0.6 is 0 Å². The van der Waals surface area contributed by atoms with Crippen LogP contribution < -0.4 is 14.0 Å². The lowest BCUT2D eigenvalue weighted by Crippen LogP contribution is -2.53. The first-order valence-electron chi connectivity index (χ1n) is 29.6. The van der Waals surface area contributed by atoms with Crippen molar-refractivity contribution in [3.8, 4) is 17.2 Å². The number of benzene rings is 3. The summed E-state index contributed by atoms with van der Waals surface area (Å²) in [6.45, 7) is 8.73. The molecular weight excluding hydrogens is 1140 g/mol. The summed E-state index contributed by atoms with van der Waals surface area (Å²) in [5.74, 6) is -4.47. The molecule has 474 valence electrons. The highest BCUT2D eigenvalue weighted by Gasteiger charge is 2.49. The molecule has 3 aromatic carbocycles. The second-order valence-corrected chi connectivity index (χ2v) is 21.9. The summed E-state index contributed by atoms with van der Waals surface area (Å²) in [4.78, 5) is 0. The van der Waals surface area contributed by atoms with E-state index in [0.717, 1.165) is 116 Å². The lowest BCUT2D eigenvalue weighted by molar-refractivity contribution is -0.958. The average Bonchev–Trinajstić information content (AvgIpc) is 3.56. The molecule has 0 aromatic heterocycles. The first kappa shape index (κ1) is 73.1. The van der Waals surface area contributed by atoms with Crippen molar-refractivity contribution >= 4 is 7.32 Å². The molecule has 1 atom stereocenters. The Kier molecular flexibility index (Phi) is 30.1. The molecule has 83 heavy (non-hydrogen) atoms. The third-order valence-corrected chi connectivity index (χ3v) is 15.0. The number of alkyl halides is 18. The first-order chi connectivity index (χ1) is 38.8. The molecule has 0 radical (unpaired) electrons. The van der Waals surface area contributed by atoms with Crippen LogP contribution in [-0.4, -0.2) is 31.4 Å². The van der Waals surface area contributed by atoms with Crippen molar-refractivity contribution < 1.29 is 97.5 Å². The van der Waals surface area contributed by atoms with E-state index in [4.69, 9.17) is 14.0 Å². The second-order valence-electron chi connectivity index (χ2n) is 21.9.